The van der Waals surface area contributed by atoms with Crippen molar-refractivity contribution in [1.82, 2.24) is 20.9 Å². The highest BCUT2D eigenvalue weighted by Gasteiger charge is 2.33. The first-order chi connectivity index (χ1) is 21.0. The first-order valence-electron chi connectivity index (χ1n) is 14.2. The number of nitrogens with zero attached hydrogens (tertiary/aromatic N) is 1. The van der Waals surface area contributed by atoms with Gasteiger partial charge in [-0.2, -0.15) is 11.3 Å². The summed E-state index contributed by atoms with van der Waals surface area (Å²) < 4.78 is 23.3. The van der Waals surface area contributed by atoms with E-state index in [1.165, 1.54) is 0 Å². The number of hydrogen-bond donors (Lipinski definition) is 3. The van der Waals surface area contributed by atoms with Gasteiger partial charge >= 0.3 is 6.03 Å². The van der Waals surface area contributed by atoms with Gasteiger partial charge in [-0.3, -0.25) is 9.59 Å². The van der Waals surface area contributed by atoms with Gasteiger partial charge in [0.05, 0.1) is 31.8 Å². The standard InChI is InChI=1S/C31H36N4O7S/c1-39-10-11-40-25-15-23-16-26(17-25)42-24-4-2-3-21(13-24)19-41-28-18-35(29(36)14-22-6-12-43-20-22)9-5-27(28)34-31(38)33-8-7-32-30(23)37/h2-4,6,12-13,15-17,20,27-28H,5,7-11,14,18-19H2,1H3,(H,32,37)(H2,33,34,38)/t27-,28-/m0/s1. The Hall–Kier alpha value is -4.13. The van der Waals surface area contributed by atoms with Gasteiger partial charge in [0.25, 0.3) is 5.91 Å². The van der Waals surface area contributed by atoms with Crippen molar-refractivity contribution in [2.45, 2.75) is 31.6 Å². The Morgan fingerprint density at radius 3 is 2.79 bits per heavy atom. The van der Waals surface area contributed by atoms with Crippen LogP contribution < -0.4 is 25.4 Å². The second-order valence-electron chi connectivity index (χ2n) is 10.3. The third kappa shape index (κ3) is 8.69. The van der Waals surface area contributed by atoms with Crippen LogP contribution >= 0.6 is 11.3 Å². The second-order valence-corrected chi connectivity index (χ2v) is 11.1. The molecule has 0 saturated carbocycles. The highest BCUT2D eigenvalue weighted by Crippen LogP contribution is 2.29. The summed E-state index contributed by atoms with van der Waals surface area (Å²) in [6.07, 6.45) is 0.467. The molecule has 0 unspecified atom stereocenters. The number of likely N-dealkylation sites (tertiary alicyclic amines) is 1. The summed E-state index contributed by atoms with van der Waals surface area (Å²) in [6, 6.07) is 13.8. The number of benzene rings is 2. The molecule has 0 aliphatic carbocycles. The summed E-state index contributed by atoms with van der Waals surface area (Å²) in [7, 11) is 1.59. The van der Waals surface area contributed by atoms with Crippen LogP contribution in [0.4, 0.5) is 4.79 Å². The molecular formula is C31H36N4O7S. The smallest absolute Gasteiger partial charge is 0.315 e. The van der Waals surface area contributed by atoms with Gasteiger partial charge in [0.2, 0.25) is 5.91 Å². The van der Waals surface area contributed by atoms with Crippen LogP contribution in [-0.4, -0.2) is 81.4 Å². The van der Waals surface area contributed by atoms with Crippen LogP contribution in [0.15, 0.2) is 59.3 Å². The Labute approximate surface area is 254 Å². The minimum atomic E-state index is -0.419. The van der Waals surface area contributed by atoms with Crippen LogP contribution in [0.2, 0.25) is 0 Å². The normalized spacial score (nSPS) is 19.4. The number of amides is 4. The lowest BCUT2D eigenvalue weighted by molar-refractivity contribution is -0.135. The van der Waals surface area contributed by atoms with Gasteiger partial charge in [-0.15, -0.1) is 0 Å². The van der Waals surface area contributed by atoms with E-state index in [9.17, 15) is 14.4 Å². The van der Waals surface area contributed by atoms with Gasteiger partial charge in [0.1, 0.15) is 23.9 Å². The molecule has 1 saturated heterocycles. The zero-order chi connectivity index (χ0) is 30.0. The van der Waals surface area contributed by atoms with Crippen LogP contribution in [0.25, 0.3) is 0 Å². The number of hydrogen-bond acceptors (Lipinski definition) is 8. The Morgan fingerprint density at radius 1 is 1.07 bits per heavy atom. The van der Waals surface area contributed by atoms with E-state index < -0.39 is 6.10 Å². The van der Waals surface area contributed by atoms with Crippen molar-refractivity contribution in [2.75, 3.05) is 46.5 Å². The maximum atomic E-state index is 13.0. The third-order valence-corrected chi connectivity index (χ3v) is 7.89. The maximum absolute atomic E-state index is 13.0. The van der Waals surface area contributed by atoms with Crippen molar-refractivity contribution in [3.8, 4) is 17.2 Å². The van der Waals surface area contributed by atoms with E-state index in [1.807, 2.05) is 41.1 Å². The number of nitrogens with one attached hydrogen (secondary N) is 3. The Bertz CT molecular complexity index is 1400. The summed E-state index contributed by atoms with van der Waals surface area (Å²) >= 11 is 1.56. The molecule has 0 spiro atoms. The summed E-state index contributed by atoms with van der Waals surface area (Å²) in [5.74, 6) is 1.17. The molecule has 4 amide bonds. The molecule has 3 aromatic rings. The summed E-state index contributed by atoms with van der Waals surface area (Å²) in [5, 5.41) is 12.6. The monoisotopic (exact) mass is 608 g/mol. The van der Waals surface area contributed by atoms with Gasteiger partial charge in [-0.05, 0) is 58.6 Å². The minimum absolute atomic E-state index is 0.0308. The zero-order valence-electron chi connectivity index (χ0n) is 24.0. The molecular weight excluding hydrogens is 572 g/mol. The summed E-state index contributed by atoms with van der Waals surface area (Å²) in [6.45, 7) is 2.27. The van der Waals surface area contributed by atoms with Gasteiger partial charge in [0.15, 0.2) is 0 Å². The van der Waals surface area contributed by atoms with E-state index in [4.69, 9.17) is 18.9 Å². The van der Waals surface area contributed by atoms with Crippen molar-refractivity contribution in [3.63, 3.8) is 0 Å². The first kappa shape index (κ1) is 30.3. The average molecular weight is 609 g/mol. The number of methoxy groups -OCH3 is 1. The van der Waals surface area contributed by atoms with Gasteiger partial charge < -0.3 is 39.8 Å². The van der Waals surface area contributed by atoms with Crippen molar-refractivity contribution < 1.29 is 33.3 Å². The fraction of sp³-hybridized carbons (Fsp3) is 0.387. The second kappa shape index (κ2) is 14.9. The SMILES string of the molecule is COCCOc1cc2cc(c1)C(=O)NCCNC(=O)N[C@H]1CCN(C(=O)Cc3ccsc3)C[C@@H]1OCc1cccc(c1)O2. The van der Waals surface area contributed by atoms with Crippen molar-refractivity contribution in [2.24, 2.45) is 0 Å². The molecule has 5 rings (SSSR count). The van der Waals surface area contributed by atoms with Gasteiger partial charge in [0, 0.05) is 44.9 Å². The predicted molar refractivity (Wildman–Crippen MR) is 161 cm³/mol. The van der Waals surface area contributed by atoms with Crippen LogP contribution in [-0.2, 0) is 27.3 Å². The van der Waals surface area contributed by atoms with Crippen molar-refractivity contribution in [3.05, 3.63) is 76.0 Å². The van der Waals surface area contributed by atoms with E-state index in [-0.39, 0.29) is 43.6 Å². The molecule has 2 aliphatic heterocycles. The Balaban J connectivity index is 1.35. The highest BCUT2D eigenvalue weighted by molar-refractivity contribution is 7.08. The number of urea groups is 1. The van der Waals surface area contributed by atoms with Crippen molar-refractivity contribution >= 4 is 29.2 Å². The van der Waals surface area contributed by atoms with E-state index in [0.717, 1.165) is 11.1 Å². The molecule has 11 nitrogen and oxygen atoms in total. The molecule has 3 heterocycles. The molecule has 1 fully saturated rings. The van der Waals surface area contributed by atoms with E-state index in [0.29, 0.717) is 62.0 Å². The molecule has 0 radical (unpaired) electrons. The molecule has 43 heavy (non-hydrogen) atoms. The minimum Gasteiger partial charge on any atom is -0.491 e. The largest absolute Gasteiger partial charge is 0.491 e. The summed E-state index contributed by atoms with van der Waals surface area (Å²) in [4.78, 5) is 40.6. The topological polar surface area (TPSA) is 127 Å². The number of carbonyl (C=O) groups excluding carboxylic acids is 3. The number of rotatable bonds is 6. The first-order valence-corrected chi connectivity index (χ1v) is 15.2. The average Bonchev–Trinajstić information content (AvgIpc) is 3.51. The van der Waals surface area contributed by atoms with Gasteiger partial charge in [-0.1, -0.05) is 12.1 Å². The third-order valence-electron chi connectivity index (χ3n) is 7.16. The van der Waals surface area contributed by atoms with E-state index >= 15 is 0 Å². The van der Waals surface area contributed by atoms with Gasteiger partial charge in [-0.25, -0.2) is 4.79 Å². The summed E-state index contributed by atoms with van der Waals surface area (Å²) in [5.41, 5.74) is 2.20. The van der Waals surface area contributed by atoms with Crippen LogP contribution in [0.1, 0.15) is 27.9 Å². The lowest BCUT2D eigenvalue weighted by Crippen LogP contribution is -2.58. The van der Waals surface area contributed by atoms with Crippen molar-refractivity contribution in [1.29, 1.82) is 0 Å². The fourth-order valence-corrected chi connectivity index (χ4v) is 5.62. The molecule has 228 valence electrons. The maximum Gasteiger partial charge on any atom is 0.315 e. The van der Waals surface area contributed by atoms with Crippen LogP contribution in [0, 0.1) is 0 Å². The van der Waals surface area contributed by atoms with Crippen LogP contribution in [0.3, 0.4) is 0 Å². The molecule has 3 N–H and O–H groups in total. The lowest BCUT2D eigenvalue weighted by atomic mass is 10.0. The quantitative estimate of drug-likeness (QED) is 0.367. The molecule has 12 heteroatoms. The van der Waals surface area contributed by atoms with Crippen LogP contribution in [0.5, 0.6) is 17.2 Å². The fourth-order valence-electron chi connectivity index (χ4n) is 4.96. The molecule has 2 atom stereocenters. The number of carbonyl (C=O) groups is 3. The predicted octanol–water partition coefficient (Wildman–Crippen LogP) is 3.34. The molecule has 1 aromatic heterocycles. The number of piperidine rings is 1. The molecule has 2 aromatic carbocycles. The highest BCUT2D eigenvalue weighted by atomic mass is 32.1. The lowest BCUT2D eigenvalue weighted by Gasteiger charge is -2.38. The number of thiophene rings is 1. The Kier molecular flexibility index (Phi) is 10.5. The van der Waals surface area contributed by atoms with E-state index in [2.05, 4.69) is 16.0 Å². The molecule has 2 aliphatic rings. The Morgan fingerprint density at radius 2 is 1.95 bits per heavy atom. The zero-order valence-corrected chi connectivity index (χ0v) is 24.8. The number of fused-ring (bicyclic) bond motifs is 5. The molecule has 4 bridgehead atoms. The van der Waals surface area contributed by atoms with E-state index in [1.54, 1.807) is 41.5 Å². The number of ether oxygens (including phenoxy) is 4.